The number of nitrogens with zero attached hydrogens (tertiary/aromatic N) is 2. The van der Waals surface area contributed by atoms with Crippen LogP contribution in [0.2, 0.25) is 0 Å². The number of carbonyl (C=O) groups excluding carboxylic acids is 2. The summed E-state index contributed by atoms with van der Waals surface area (Å²) in [6.07, 6.45) is -3.19. The summed E-state index contributed by atoms with van der Waals surface area (Å²) in [5.41, 5.74) is -1.13. The Bertz CT molecular complexity index is 1080. The lowest BCUT2D eigenvalue weighted by molar-refractivity contribution is -0.140. The van der Waals surface area contributed by atoms with Crippen LogP contribution in [-0.2, 0) is 17.5 Å². The molecule has 1 atom stereocenters. The number of amides is 2. The monoisotopic (exact) mass is 491 g/mol. The van der Waals surface area contributed by atoms with Crippen LogP contribution < -0.4 is 5.32 Å². The third kappa shape index (κ3) is 5.19. The first-order valence-corrected chi connectivity index (χ1v) is 11.8. The molecule has 2 aliphatic heterocycles. The predicted octanol–water partition coefficient (Wildman–Crippen LogP) is 4.82. The van der Waals surface area contributed by atoms with Crippen LogP contribution in [0.1, 0.15) is 54.6 Å². The molecule has 4 rings (SSSR count). The number of hydrogen-bond donors (Lipinski definition) is 1. The number of likely N-dealkylation sites (tertiary alicyclic amines) is 1. The summed E-state index contributed by atoms with van der Waals surface area (Å²) in [6.45, 7) is 5.15. The highest BCUT2D eigenvalue weighted by molar-refractivity contribution is 5.94. The standard InChI is InChI=1S/C26H29F4N3O2/c1-17(2)14-22-24(35)33(16-18-6-4-3-5-7-18)25(31-22)10-12-32(13-11-25)23(34)19-8-9-20(21(27)15-19)26(28,29)30/h3-9,15,17,22,31H,10-14,16H2,1-2H3. The number of benzene rings is 2. The van der Waals surface area contributed by atoms with Crippen LogP contribution in [0.5, 0.6) is 0 Å². The van der Waals surface area contributed by atoms with Gasteiger partial charge < -0.3 is 9.80 Å². The predicted molar refractivity (Wildman–Crippen MR) is 123 cm³/mol. The fraction of sp³-hybridized carbons (Fsp3) is 0.462. The number of piperidine rings is 1. The van der Waals surface area contributed by atoms with Gasteiger partial charge in [0.2, 0.25) is 5.91 Å². The molecule has 5 nitrogen and oxygen atoms in total. The second-order valence-corrected chi connectivity index (χ2v) is 9.75. The zero-order valence-electron chi connectivity index (χ0n) is 19.7. The molecular weight excluding hydrogens is 462 g/mol. The lowest BCUT2D eigenvalue weighted by Gasteiger charge is -2.44. The van der Waals surface area contributed by atoms with E-state index in [1.165, 1.54) is 4.90 Å². The van der Waals surface area contributed by atoms with Gasteiger partial charge in [-0.05, 0) is 36.1 Å². The van der Waals surface area contributed by atoms with Crippen molar-refractivity contribution in [3.63, 3.8) is 0 Å². The molecule has 1 N–H and O–H groups in total. The second kappa shape index (κ2) is 9.60. The van der Waals surface area contributed by atoms with Gasteiger partial charge >= 0.3 is 6.18 Å². The van der Waals surface area contributed by atoms with Crippen LogP contribution >= 0.6 is 0 Å². The molecule has 1 unspecified atom stereocenters. The molecular formula is C26H29F4N3O2. The summed E-state index contributed by atoms with van der Waals surface area (Å²) in [4.78, 5) is 29.7. The van der Waals surface area contributed by atoms with Gasteiger partial charge in [-0.15, -0.1) is 0 Å². The molecule has 0 bridgehead atoms. The maximum atomic E-state index is 14.0. The van der Waals surface area contributed by atoms with Crippen molar-refractivity contribution in [2.45, 2.75) is 57.5 Å². The van der Waals surface area contributed by atoms with E-state index in [0.717, 1.165) is 11.6 Å². The van der Waals surface area contributed by atoms with E-state index in [2.05, 4.69) is 19.2 Å². The number of rotatable bonds is 5. The SMILES string of the molecule is CC(C)CC1NC2(CCN(C(=O)c3ccc(C(F)(F)F)c(F)c3)CC2)N(Cc2ccccc2)C1=O. The molecule has 2 aliphatic rings. The number of carbonyl (C=O) groups is 2. The van der Waals surface area contributed by atoms with Crippen molar-refractivity contribution in [3.8, 4) is 0 Å². The zero-order chi connectivity index (χ0) is 25.4. The van der Waals surface area contributed by atoms with Crippen LogP contribution in [0.25, 0.3) is 0 Å². The Balaban J connectivity index is 1.51. The smallest absolute Gasteiger partial charge is 0.338 e. The van der Waals surface area contributed by atoms with E-state index in [1.807, 2.05) is 35.2 Å². The van der Waals surface area contributed by atoms with Crippen LogP contribution in [-0.4, -0.2) is 46.4 Å². The van der Waals surface area contributed by atoms with Crippen LogP contribution in [0.4, 0.5) is 17.6 Å². The van der Waals surface area contributed by atoms with Gasteiger partial charge in [0.05, 0.1) is 17.3 Å². The van der Waals surface area contributed by atoms with Crippen molar-refractivity contribution in [2.75, 3.05) is 13.1 Å². The normalized spacial score (nSPS) is 20.2. The van der Waals surface area contributed by atoms with E-state index in [4.69, 9.17) is 0 Å². The highest BCUT2D eigenvalue weighted by atomic mass is 19.4. The molecule has 188 valence electrons. The van der Waals surface area contributed by atoms with E-state index < -0.39 is 29.1 Å². The van der Waals surface area contributed by atoms with Crippen molar-refractivity contribution in [1.82, 2.24) is 15.1 Å². The Hall–Kier alpha value is -2.94. The van der Waals surface area contributed by atoms with Crippen molar-refractivity contribution >= 4 is 11.8 Å². The average Bonchev–Trinajstić information content (AvgIpc) is 3.03. The van der Waals surface area contributed by atoms with E-state index in [-0.39, 0.29) is 17.5 Å². The first-order chi connectivity index (χ1) is 16.5. The summed E-state index contributed by atoms with van der Waals surface area (Å²) in [5, 5.41) is 3.54. The molecule has 2 aromatic carbocycles. The minimum Gasteiger partial charge on any atom is -0.338 e. The van der Waals surface area contributed by atoms with Crippen LogP contribution in [0.15, 0.2) is 48.5 Å². The Labute approximate surface area is 202 Å². The van der Waals surface area contributed by atoms with Crippen LogP contribution in [0, 0.1) is 11.7 Å². The maximum absolute atomic E-state index is 14.0. The van der Waals surface area contributed by atoms with Crippen molar-refractivity contribution in [1.29, 1.82) is 0 Å². The molecule has 9 heteroatoms. The van der Waals surface area contributed by atoms with E-state index in [0.29, 0.717) is 56.9 Å². The lowest BCUT2D eigenvalue weighted by atomic mass is 9.94. The summed E-state index contributed by atoms with van der Waals surface area (Å²) < 4.78 is 52.6. The summed E-state index contributed by atoms with van der Waals surface area (Å²) in [5.74, 6) is -1.64. The second-order valence-electron chi connectivity index (χ2n) is 9.75. The molecule has 35 heavy (non-hydrogen) atoms. The average molecular weight is 492 g/mol. The van der Waals surface area contributed by atoms with Gasteiger partial charge in [0.15, 0.2) is 0 Å². The molecule has 2 saturated heterocycles. The molecule has 0 saturated carbocycles. The van der Waals surface area contributed by atoms with Gasteiger partial charge in [-0.25, -0.2) is 4.39 Å². The summed E-state index contributed by atoms with van der Waals surface area (Å²) in [6, 6.07) is 11.6. The minimum atomic E-state index is -4.82. The van der Waals surface area contributed by atoms with Gasteiger partial charge in [0, 0.05) is 38.0 Å². The third-order valence-corrected chi connectivity index (χ3v) is 6.81. The van der Waals surface area contributed by atoms with Gasteiger partial charge in [-0.2, -0.15) is 13.2 Å². The summed E-state index contributed by atoms with van der Waals surface area (Å²) >= 11 is 0. The molecule has 2 amide bonds. The molecule has 1 spiro atoms. The van der Waals surface area contributed by atoms with Gasteiger partial charge in [0.25, 0.3) is 5.91 Å². The van der Waals surface area contributed by atoms with Crippen molar-refractivity contribution in [3.05, 3.63) is 71.0 Å². The Morgan fingerprint density at radius 1 is 1.11 bits per heavy atom. The fourth-order valence-electron chi connectivity index (χ4n) is 5.04. The number of hydrogen-bond acceptors (Lipinski definition) is 3. The topological polar surface area (TPSA) is 52.7 Å². The summed E-state index contributed by atoms with van der Waals surface area (Å²) in [7, 11) is 0. The van der Waals surface area contributed by atoms with E-state index >= 15 is 0 Å². The quantitative estimate of drug-likeness (QED) is 0.610. The molecule has 2 heterocycles. The van der Waals surface area contributed by atoms with E-state index in [1.54, 1.807) is 0 Å². The number of halogens is 4. The maximum Gasteiger partial charge on any atom is 0.419 e. The highest BCUT2D eigenvalue weighted by Crippen LogP contribution is 2.36. The Morgan fingerprint density at radius 2 is 1.77 bits per heavy atom. The zero-order valence-corrected chi connectivity index (χ0v) is 19.7. The number of nitrogens with one attached hydrogen (secondary N) is 1. The third-order valence-electron chi connectivity index (χ3n) is 6.81. The first kappa shape index (κ1) is 25.2. The lowest BCUT2D eigenvalue weighted by Crippen LogP contribution is -2.59. The van der Waals surface area contributed by atoms with Crippen molar-refractivity contribution < 1.29 is 27.2 Å². The van der Waals surface area contributed by atoms with E-state index in [9.17, 15) is 27.2 Å². The first-order valence-electron chi connectivity index (χ1n) is 11.8. The van der Waals surface area contributed by atoms with Gasteiger partial charge in [0.1, 0.15) is 5.82 Å². The Kier molecular flexibility index (Phi) is 6.90. The van der Waals surface area contributed by atoms with Crippen molar-refractivity contribution in [2.24, 2.45) is 5.92 Å². The molecule has 2 fully saturated rings. The van der Waals surface area contributed by atoms with Crippen LogP contribution in [0.3, 0.4) is 0 Å². The number of alkyl halides is 3. The van der Waals surface area contributed by atoms with Gasteiger partial charge in [-0.1, -0.05) is 44.2 Å². The minimum absolute atomic E-state index is 0.0344. The molecule has 0 aromatic heterocycles. The molecule has 0 aliphatic carbocycles. The highest BCUT2D eigenvalue weighted by Gasteiger charge is 2.51. The molecule has 0 radical (unpaired) electrons. The Morgan fingerprint density at radius 3 is 2.34 bits per heavy atom. The van der Waals surface area contributed by atoms with Gasteiger partial charge in [-0.3, -0.25) is 14.9 Å². The molecule has 2 aromatic rings. The largest absolute Gasteiger partial charge is 0.419 e. The fourth-order valence-corrected chi connectivity index (χ4v) is 5.04.